The normalized spacial score (nSPS) is 10.6. The molecule has 2 rings (SSSR count). The summed E-state index contributed by atoms with van der Waals surface area (Å²) < 4.78 is 13.6. The summed E-state index contributed by atoms with van der Waals surface area (Å²) in [5.74, 6) is 0.275. The molecule has 2 nitrogen and oxygen atoms in total. The number of halogens is 3. The van der Waals surface area contributed by atoms with E-state index < -0.39 is 0 Å². The van der Waals surface area contributed by atoms with E-state index in [2.05, 4.69) is 5.32 Å². The number of benzene rings is 2. The minimum atomic E-state index is -0.335. The van der Waals surface area contributed by atoms with E-state index in [0.29, 0.717) is 22.9 Å². The van der Waals surface area contributed by atoms with Gasteiger partial charge in [0.25, 0.3) is 0 Å². The van der Waals surface area contributed by atoms with Gasteiger partial charge in [-0.1, -0.05) is 41.4 Å². The zero-order valence-corrected chi connectivity index (χ0v) is 15.4. The number of hydrogen-bond donors (Lipinski definition) is 1. The molecule has 24 heavy (non-hydrogen) atoms. The monoisotopic (exact) mass is 385 g/mol. The van der Waals surface area contributed by atoms with Crippen LogP contribution < -0.4 is 5.32 Å². The van der Waals surface area contributed by atoms with Gasteiger partial charge in [0.05, 0.1) is 5.75 Å². The van der Waals surface area contributed by atoms with Crippen LogP contribution >= 0.6 is 35.0 Å². The maximum absolute atomic E-state index is 13.6. The molecule has 0 heterocycles. The minimum absolute atomic E-state index is 0.0523. The van der Waals surface area contributed by atoms with Crippen molar-refractivity contribution in [2.45, 2.75) is 18.6 Å². The summed E-state index contributed by atoms with van der Waals surface area (Å²) >= 11 is 13.1. The Hall–Kier alpha value is -1.23. The Labute approximate surface area is 155 Å². The van der Waals surface area contributed by atoms with Crippen LogP contribution in [0.15, 0.2) is 42.5 Å². The van der Waals surface area contributed by atoms with Crippen LogP contribution in [-0.2, 0) is 17.0 Å². The van der Waals surface area contributed by atoms with E-state index in [4.69, 9.17) is 23.2 Å². The first-order valence-corrected chi connectivity index (χ1v) is 9.49. The molecule has 1 amide bonds. The van der Waals surface area contributed by atoms with Crippen LogP contribution in [0, 0.1) is 5.82 Å². The van der Waals surface area contributed by atoms with Gasteiger partial charge in [0.1, 0.15) is 5.82 Å². The number of amides is 1. The molecule has 128 valence electrons. The number of rotatable bonds is 8. The third-order valence-corrected chi connectivity index (χ3v) is 4.98. The van der Waals surface area contributed by atoms with Crippen molar-refractivity contribution in [1.29, 1.82) is 0 Å². The number of aryl methyl sites for hydroxylation is 1. The van der Waals surface area contributed by atoms with Gasteiger partial charge in [0, 0.05) is 27.9 Å². The largest absolute Gasteiger partial charge is 0.355 e. The Balaban J connectivity index is 1.62. The Bertz CT molecular complexity index is 659. The Kier molecular flexibility index (Phi) is 7.89. The Morgan fingerprint density at radius 2 is 1.88 bits per heavy atom. The lowest BCUT2D eigenvalue weighted by atomic mass is 10.1. The molecule has 0 unspecified atom stereocenters. The molecular formula is C18H18Cl2FNOS. The molecule has 0 aromatic heterocycles. The van der Waals surface area contributed by atoms with Crippen molar-refractivity contribution in [2.75, 3.05) is 12.3 Å². The summed E-state index contributed by atoms with van der Waals surface area (Å²) in [6, 6.07) is 12.3. The van der Waals surface area contributed by atoms with E-state index in [1.807, 2.05) is 24.3 Å². The van der Waals surface area contributed by atoms with Crippen molar-refractivity contribution in [2.24, 2.45) is 0 Å². The number of thioether (sulfide) groups is 1. The molecule has 2 aromatic rings. The molecule has 0 fully saturated rings. The van der Waals surface area contributed by atoms with Crippen LogP contribution in [0.25, 0.3) is 0 Å². The average molecular weight is 386 g/mol. The van der Waals surface area contributed by atoms with Crippen molar-refractivity contribution in [3.63, 3.8) is 0 Å². The molecule has 0 aliphatic rings. The quantitative estimate of drug-likeness (QED) is 0.639. The maximum Gasteiger partial charge on any atom is 0.230 e. The highest BCUT2D eigenvalue weighted by Crippen LogP contribution is 2.23. The van der Waals surface area contributed by atoms with Gasteiger partial charge in [-0.05, 0) is 42.7 Å². The molecule has 0 radical (unpaired) electrons. The van der Waals surface area contributed by atoms with Gasteiger partial charge in [-0.15, -0.1) is 11.8 Å². The molecule has 2 aromatic carbocycles. The third kappa shape index (κ3) is 6.34. The summed E-state index contributed by atoms with van der Waals surface area (Å²) in [7, 11) is 0. The summed E-state index contributed by atoms with van der Waals surface area (Å²) in [5.41, 5.74) is 1.64. The lowest BCUT2D eigenvalue weighted by Crippen LogP contribution is -2.26. The smallest absolute Gasteiger partial charge is 0.230 e. The summed E-state index contributed by atoms with van der Waals surface area (Å²) in [5, 5.41) is 3.98. The first-order chi connectivity index (χ1) is 11.6. The van der Waals surface area contributed by atoms with Crippen molar-refractivity contribution in [1.82, 2.24) is 5.32 Å². The second-order valence-electron chi connectivity index (χ2n) is 5.27. The SMILES string of the molecule is O=C(CSCc1c(F)cccc1Cl)NCCCc1ccc(Cl)cc1. The van der Waals surface area contributed by atoms with Gasteiger partial charge in [0.2, 0.25) is 5.91 Å². The van der Waals surface area contributed by atoms with Crippen LogP contribution in [0.5, 0.6) is 0 Å². The highest BCUT2D eigenvalue weighted by molar-refractivity contribution is 7.99. The molecule has 0 aliphatic carbocycles. The first-order valence-electron chi connectivity index (χ1n) is 7.58. The Morgan fingerprint density at radius 1 is 1.12 bits per heavy atom. The van der Waals surface area contributed by atoms with Gasteiger partial charge in [-0.25, -0.2) is 4.39 Å². The molecule has 1 N–H and O–H groups in total. The van der Waals surface area contributed by atoms with E-state index in [9.17, 15) is 9.18 Å². The summed E-state index contributed by atoms with van der Waals surface area (Å²) in [6.45, 7) is 0.614. The highest BCUT2D eigenvalue weighted by Gasteiger charge is 2.08. The molecule has 0 saturated heterocycles. The second-order valence-corrected chi connectivity index (χ2v) is 7.10. The van der Waals surface area contributed by atoms with Crippen LogP contribution in [0.3, 0.4) is 0 Å². The van der Waals surface area contributed by atoms with E-state index >= 15 is 0 Å². The predicted octanol–water partition coefficient (Wildman–Crippen LogP) is 5.11. The van der Waals surface area contributed by atoms with E-state index in [0.717, 1.165) is 17.9 Å². The minimum Gasteiger partial charge on any atom is -0.355 e. The fraction of sp³-hybridized carbons (Fsp3) is 0.278. The molecule has 0 aliphatic heterocycles. The zero-order valence-electron chi connectivity index (χ0n) is 13.0. The standard InChI is InChI=1S/C18H18Cl2FNOS/c19-14-8-6-13(7-9-14)3-2-10-22-18(23)12-24-11-15-16(20)4-1-5-17(15)21/h1,4-9H,2-3,10-12H2,(H,22,23). The van der Waals surface area contributed by atoms with Crippen molar-refractivity contribution >= 4 is 40.9 Å². The molecule has 0 spiro atoms. The number of nitrogens with one attached hydrogen (secondary N) is 1. The van der Waals surface area contributed by atoms with Gasteiger partial charge < -0.3 is 5.32 Å². The topological polar surface area (TPSA) is 29.1 Å². The zero-order chi connectivity index (χ0) is 17.4. The van der Waals surface area contributed by atoms with Crippen LogP contribution in [0.2, 0.25) is 10.0 Å². The Morgan fingerprint density at radius 3 is 2.58 bits per heavy atom. The lowest BCUT2D eigenvalue weighted by Gasteiger charge is -2.07. The second kappa shape index (κ2) is 9.92. The molecule has 6 heteroatoms. The predicted molar refractivity (Wildman–Crippen MR) is 100 cm³/mol. The fourth-order valence-electron chi connectivity index (χ4n) is 2.14. The maximum atomic E-state index is 13.6. The molecule has 0 atom stereocenters. The summed E-state index contributed by atoms with van der Waals surface area (Å²) in [6.07, 6.45) is 1.74. The van der Waals surface area contributed by atoms with Crippen LogP contribution in [0.1, 0.15) is 17.5 Å². The summed E-state index contributed by atoms with van der Waals surface area (Å²) in [4.78, 5) is 11.8. The van der Waals surface area contributed by atoms with Gasteiger partial charge in [0.15, 0.2) is 0 Å². The number of carbonyl (C=O) groups excluding carboxylic acids is 1. The molecular weight excluding hydrogens is 368 g/mol. The van der Waals surface area contributed by atoms with Crippen molar-refractivity contribution in [3.8, 4) is 0 Å². The first kappa shape index (κ1) is 19.1. The van der Waals surface area contributed by atoms with Crippen molar-refractivity contribution < 1.29 is 9.18 Å². The van der Waals surface area contributed by atoms with Gasteiger partial charge in [-0.3, -0.25) is 4.79 Å². The van der Waals surface area contributed by atoms with Gasteiger partial charge in [-0.2, -0.15) is 0 Å². The van der Waals surface area contributed by atoms with Crippen LogP contribution in [-0.4, -0.2) is 18.2 Å². The average Bonchev–Trinajstić information content (AvgIpc) is 2.56. The van der Waals surface area contributed by atoms with E-state index in [1.165, 1.54) is 23.4 Å². The fourth-order valence-corrected chi connectivity index (χ4v) is 3.46. The highest BCUT2D eigenvalue weighted by atomic mass is 35.5. The third-order valence-electron chi connectivity index (χ3n) is 3.42. The number of hydrogen-bond acceptors (Lipinski definition) is 2. The molecule has 0 saturated carbocycles. The number of carbonyl (C=O) groups is 1. The molecule has 0 bridgehead atoms. The van der Waals surface area contributed by atoms with E-state index in [-0.39, 0.29) is 17.5 Å². The van der Waals surface area contributed by atoms with Gasteiger partial charge >= 0.3 is 0 Å². The lowest BCUT2D eigenvalue weighted by molar-refractivity contribution is -0.118. The van der Waals surface area contributed by atoms with E-state index in [1.54, 1.807) is 12.1 Å². The van der Waals surface area contributed by atoms with Crippen molar-refractivity contribution in [3.05, 3.63) is 69.5 Å². The van der Waals surface area contributed by atoms with Crippen LogP contribution in [0.4, 0.5) is 4.39 Å².